The largest absolute Gasteiger partial charge is 0.396 e. The zero-order valence-electron chi connectivity index (χ0n) is 10.8. The van der Waals surface area contributed by atoms with Gasteiger partial charge < -0.3 is 5.11 Å². The van der Waals surface area contributed by atoms with Gasteiger partial charge in [0.1, 0.15) is 11.6 Å². The standard InChI is InChI=1S/C16H15ClF2O/c17-14-3-1-2-11(6-14)4-13(10-20)5-12-7-15(18)9-16(19)8-12/h1-3,6-9,13,20H,4-5,10H2. The Labute approximate surface area is 121 Å². The summed E-state index contributed by atoms with van der Waals surface area (Å²) in [5.41, 5.74) is 1.54. The van der Waals surface area contributed by atoms with E-state index in [1.807, 2.05) is 18.2 Å². The Balaban J connectivity index is 2.09. The average molecular weight is 297 g/mol. The Morgan fingerprint density at radius 3 is 2.20 bits per heavy atom. The van der Waals surface area contributed by atoms with Gasteiger partial charge in [0.2, 0.25) is 0 Å². The molecule has 0 spiro atoms. The van der Waals surface area contributed by atoms with Gasteiger partial charge >= 0.3 is 0 Å². The zero-order valence-corrected chi connectivity index (χ0v) is 11.6. The Morgan fingerprint density at radius 1 is 0.950 bits per heavy atom. The number of rotatable bonds is 5. The van der Waals surface area contributed by atoms with Crippen molar-refractivity contribution in [3.63, 3.8) is 0 Å². The Morgan fingerprint density at radius 2 is 1.60 bits per heavy atom. The van der Waals surface area contributed by atoms with Crippen LogP contribution in [0.1, 0.15) is 11.1 Å². The molecule has 1 atom stereocenters. The molecule has 0 radical (unpaired) electrons. The second-order valence-corrected chi connectivity index (χ2v) is 5.30. The van der Waals surface area contributed by atoms with Crippen LogP contribution in [0.15, 0.2) is 42.5 Å². The molecule has 1 N–H and O–H groups in total. The van der Waals surface area contributed by atoms with Gasteiger partial charge in [0, 0.05) is 17.7 Å². The van der Waals surface area contributed by atoms with Crippen LogP contribution in [0.4, 0.5) is 8.78 Å². The highest BCUT2D eigenvalue weighted by molar-refractivity contribution is 6.30. The maximum absolute atomic E-state index is 13.1. The van der Waals surface area contributed by atoms with Crippen LogP contribution in [0.3, 0.4) is 0 Å². The van der Waals surface area contributed by atoms with Gasteiger partial charge in [-0.3, -0.25) is 0 Å². The molecule has 0 saturated carbocycles. The molecule has 0 aliphatic carbocycles. The van der Waals surface area contributed by atoms with Crippen LogP contribution >= 0.6 is 11.6 Å². The van der Waals surface area contributed by atoms with Crippen LogP contribution < -0.4 is 0 Å². The van der Waals surface area contributed by atoms with Crippen LogP contribution in [0.2, 0.25) is 5.02 Å². The van der Waals surface area contributed by atoms with Crippen LogP contribution in [0, 0.1) is 17.6 Å². The lowest BCUT2D eigenvalue weighted by Gasteiger charge is -2.14. The molecule has 20 heavy (non-hydrogen) atoms. The average Bonchev–Trinajstić information content (AvgIpc) is 2.36. The fourth-order valence-electron chi connectivity index (χ4n) is 2.26. The van der Waals surface area contributed by atoms with Crippen molar-refractivity contribution in [1.29, 1.82) is 0 Å². The van der Waals surface area contributed by atoms with Gasteiger partial charge in [-0.2, -0.15) is 0 Å². The van der Waals surface area contributed by atoms with Crippen LogP contribution in [-0.2, 0) is 12.8 Å². The van der Waals surface area contributed by atoms with E-state index in [1.165, 1.54) is 12.1 Å². The van der Waals surface area contributed by atoms with Gasteiger partial charge in [0.05, 0.1) is 0 Å². The monoisotopic (exact) mass is 296 g/mol. The summed E-state index contributed by atoms with van der Waals surface area (Å²) >= 11 is 5.91. The van der Waals surface area contributed by atoms with Gasteiger partial charge in [-0.25, -0.2) is 8.78 Å². The number of halogens is 3. The molecule has 4 heteroatoms. The first-order valence-electron chi connectivity index (χ1n) is 6.37. The molecule has 1 nitrogen and oxygen atoms in total. The minimum Gasteiger partial charge on any atom is -0.396 e. The highest BCUT2D eigenvalue weighted by atomic mass is 35.5. The molecule has 2 rings (SSSR count). The molecule has 0 saturated heterocycles. The van der Waals surface area contributed by atoms with Crippen LogP contribution in [0.5, 0.6) is 0 Å². The molecule has 0 heterocycles. The van der Waals surface area contributed by atoms with Crippen molar-refractivity contribution in [2.45, 2.75) is 12.8 Å². The van der Waals surface area contributed by atoms with E-state index in [2.05, 4.69) is 0 Å². The first kappa shape index (κ1) is 14.9. The van der Waals surface area contributed by atoms with Crippen molar-refractivity contribution in [3.05, 3.63) is 70.2 Å². The second-order valence-electron chi connectivity index (χ2n) is 4.86. The summed E-state index contributed by atoms with van der Waals surface area (Å²) in [6.45, 7) is -0.0509. The Kier molecular flexibility index (Phi) is 5.10. The fourth-order valence-corrected chi connectivity index (χ4v) is 2.47. The Bertz CT molecular complexity index is 566. The molecule has 2 aromatic rings. The number of aliphatic hydroxyl groups excluding tert-OH is 1. The molecule has 0 aliphatic rings. The van der Waals surface area contributed by atoms with Crippen molar-refractivity contribution in [2.75, 3.05) is 6.61 Å². The van der Waals surface area contributed by atoms with Gasteiger partial charge in [-0.1, -0.05) is 23.7 Å². The summed E-state index contributed by atoms with van der Waals surface area (Å²) in [6, 6.07) is 10.8. The topological polar surface area (TPSA) is 20.2 Å². The fraction of sp³-hybridized carbons (Fsp3) is 0.250. The molecule has 1 unspecified atom stereocenters. The van der Waals surface area contributed by atoms with Crippen molar-refractivity contribution < 1.29 is 13.9 Å². The van der Waals surface area contributed by atoms with Gasteiger partial charge in [0.25, 0.3) is 0 Å². The van der Waals surface area contributed by atoms with Crippen LogP contribution in [-0.4, -0.2) is 11.7 Å². The highest BCUT2D eigenvalue weighted by Gasteiger charge is 2.11. The predicted molar refractivity (Wildman–Crippen MR) is 75.8 cm³/mol. The first-order valence-corrected chi connectivity index (χ1v) is 6.75. The highest BCUT2D eigenvalue weighted by Crippen LogP contribution is 2.18. The summed E-state index contributed by atoms with van der Waals surface area (Å²) in [5.74, 6) is -1.30. The summed E-state index contributed by atoms with van der Waals surface area (Å²) in [4.78, 5) is 0. The van der Waals surface area contributed by atoms with Gasteiger partial charge in [0.15, 0.2) is 0 Å². The third-order valence-corrected chi connectivity index (χ3v) is 3.35. The molecule has 106 valence electrons. The summed E-state index contributed by atoms with van der Waals surface area (Å²) in [5, 5.41) is 10.1. The van der Waals surface area contributed by atoms with E-state index in [4.69, 9.17) is 11.6 Å². The first-order chi connectivity index (χ1) is 9.56. The number of hydrogen-bond acceptors (Lipinski definition) is 1. The minimum absolute atomic E-state index is 0.0509. The maximum Gasteiger partial charge on any atom is 0.126 e. The molecule has 2 aromatic carbocycles. The smallest absolute Gasteiger partial charge is 0.126 e. The van der Waals surface area contributed by atoms with Crippen molar-refractivity contribution in [3.8, 4) is 0 Å². The quantitative estimate of drug-likeness (QED) is 0.884. The molecule has 0 aromatic heterocycles. The molecule has 0 fully saturated rings. The molecular weight excluding hydrogens is 282 g/mol. The molecular formula is C16H15ClF2O. The van der Waals surface area contributed by atoms with E-state index >= 15 is 0 Å². The zero-order chi connectivity index (χ0) is 14.5. The molecule has 0 aliphatic heterocycles. The van der Waals surface area contributed by atoms with Gasteiger partial charge in [-0.15, -0.1) is 0 Å². The van der Waals surface area contributed by atoms with Gasteiger partial charge in [-0.05, 0) is 54.2 Å². The van der Waals surface area contributed by atoms with E-state index in [-0.39, 0.29) is 12.5 Å². The normalized spacial score (nSPS) is 12.4. The lowest BCUT2D eigenvalue weighted by atomic mass is 9.93. The van der Waals surface area contributed by atoms with E-state index in [9.17, 15) is 13.9 Å². The van der Waals surface area contributed by atoms with Crippen molar-refractivity contribution in [2.24, 2.45) is 5.92 Å². The summed E-state index contributed by atoms with van der Waals surface area (Å²) in [6.07, 6.45) is 1.02. The number of benzene rings is 2. The third-order valence-electron chi connectivity index (χ3n) is 3.12. The SMILES string of the molecule is OCC(Cc1cc(F)cc(F)c1)Cc1cccc(Cl)c1. The number of aliphatic hydroxyl groups is 1. The predicted octanol–water partition coefficient (Wildman–Crippen LogP) is 4.01. The van der Waals surface area contributed by atoms with E-state index in [1.54, 1.807) is 6.07 Å². The summed E-state index contributed by atoms with van der Waals surface area (Å²) in [7, 11) is 0. The van der Waals surface area contributed by atoms with Crippen molar-refractivity contribution >= 4 is 11.6 Å². The maximum atomic E-state index is 13.1. The lowest BCUT2D eigenvalue weighted by molar-refractivity contribution is 0.225. The lowest BCUT2D eigenvalue weighted by Crippen LogP contribution is -2.13. The third kappa shape index (κ3) is 4.29. The molecule has 0 amide bonds. The molecule has 0 bridgehead atoms. The Hall–Kier alpha value is -1.45. The van der Waals surface area contributed by atoms with Crippen molar-refractivity contribution in [1.82, 2.24) is 0 Å². The van der Waals surface area contributed by atoms with E-state index in [0.29, 0.717) is 23.4 Å². The number of hydrogen-bond donors (Lipinski definition) is 1. The van der Waals surface area contributed by atoms with E-state index in [0.717, 1.165) is 11.6 Å². The minimum atomic E-state index is -0.598. The van der Waals surface area contributed by atoms with E-state index < -0.39 is 11.6 Å². The van der Waals surface area contributed by atoms with Crippen LogP contribution in [0.25, 0.3) is 0 Å². The second kappa shape index (κ2) is 6.82. The summed E-state index contributed by atoms with van der Waals surface area (Å²) < 4.78 is 26.3.